The zero-order chi connectivity index (χ0) is 10.6. The number of hydrogen-bond donors (Lipinski definition) is 1. The Labute approximate surface area is 89.3 Å². The number of amides is 1. The highest BCUT2D eigenvalue weighted by atomic mass is 35.5. The van der Waals surface area contributed by atoms with E-state index in [2.05, 4.69) is 5.32 Å². The average Bonchev–Trinajstić information content (AvgIpc) is 2.18. The van der Waals surface area contributed by atoms with Crippen LogP contribution in [0.5, 0.6) is 0 Å². The summed E-state index contributed by atoms with van der Waals surface area (Å²) in [4.78, 5) is 11.1. The minimum Gasteiger partial charge on any atom is -0.359 e. The number of nitrogens with one attached hydrogen (secondary N) is 1. The van der Waals surface area contributed by atoms with Gasteiger partial charge < -0.3 is 5.32 Å². The third-order valence-corrected chi connectivity index (χ3v) is 2.46. The lowest BCUT2D eigenvalue weighted by molar-refractivity contribution is -0.120. The second kappa shape index (κ2) is 5.01. The second-order valence-corrected chi connectivity index (χ2v) is 3.77. The zero-order valence-electron chi connectivity index (χ0n) is 8.38. The van der Waals surface area contributed by atoms with Gasteiger partial charge in [0.2, 0.25) is 5.91 Å². The first-order chi connectivity index (χ1) is 6.63. The molecular weight excluding hydrogens is 198 g/mol. The quantitative estimate of drug-likeness (QED) is 0.818. The molecule has 0 saturated carbocycles. The Morgan fingerprint density at radius 1 is 1.43 bits per heavy atom. The molecule has 1 N–H and O–H groups in total. The number of rotatable bonds is 3. The molecule has 1 amide bonds. The van der Waals surface area contributed by atoms with Gasteiger partial charge in [0, 0.05) is 18.5 Å². The zero-order valence-corrected chi connectivity index (χ0v) is 9.14. The third-order valence-electron chi connectivity index (χ3n) is 2.21. The molecule has 2 nitrogen and oxygen atoms in total. The predicted octanol–water partition coefficient (Wildman–Crippen LogP) is 2.58. The minimum atomic E-state index is 0.0625. The Balaban J connectivity index is 2.65. The van der Waals surface area contributed by atoms with E-state index in [4.69, 9.17) is 11.6 Å². The van der Waals surface area contributed by atoms with Crippen molar-refractivity contribution in [2.45, 2.75) is 19.3 Å². The van der Waals surface area contributed by atoms with Crippen LogP contribution in [0, 0.1) is 0 Å². The van der Waals surface area contributed by atoms with Crippen LogP contribution in [0.15, 0.2) is 24.3 Å². The average molecular weight is 212 g/mol. The highest BCUT2D eigenvalue weighted by Gasteiger charge is 2.09. The van der Waals surface area contributed by atoms with Gasteiger partial charge >= 0.3 is 0 Å². The molecule has 0 radical (unpaired) electrons. The Morgan fingerprint density at radius 2 is 2.00 bits per heavy atom. The van der Waals surface area contributed by atoms with Gasteiger partial charge in [-0.15, -0.1) is 0 Å². The molecule has 0 aliphatic heterocycles. The Hall–Kier alpha value is -1.02. The molecular formula is C11H14ClNO. The molecule has 0 aliphatic carbocycles. The number of halogens is 1. The fourth-order valence-electron chi connectivity index (χ4n) is 1.29. The third kappa shape index (κ3) is 3.04. The highest BCUT2D eigenvalue weighted by Crippen LogP contribution is 2.20. The number of carbonyl (C=O) groups excluding carboxylic acids is 1. The van der Waals surface area contributed by atoms with E-state index in [1.165, 1.54) is 0 Å². The minimum absolute atomic E-state index is 0.0625. The van der Waals surface area contributed by atoms with Gasteiger partial charge in [0.25, 0.3) is 0 Å². The van der Waals surface area contributed by atoms with Crippen LogP contribution < -0.4 is 5.32 Å². The van der Waals surface area contributed by atoms with E-state index in [0.717, 1.165) is 10.6 Å². The molecule has 0 unspecified atom stereocenters. The van der Waals surface area contributed by atoms with Crippen LogP contribution in [0.25, 0.3) is 0 Å². The molecule has 0 spiro atoms. The van der Waals surface area contributed by atoms with Crippen LogP contribution in [0.3, 0.4) is 0 Å². The lowest BCUT2D eigenvalue weighted by atomic mass is 9.98. The standard InChI is InChI=1S/C11H14ClNO/c1-8(7-11(14)13-2)9-3-5-10(12)6-4-9/h3-6,8H,7H2,1-2H3,(H,13,14)/t8-/m0/s1. The summed E-state index contributed by atoms with van der Waals surface area (Å²) in [6.07, 6.45) is 0.512. The lowest BCUT2D eigenvalue weighted by Gasteiger charge is -2.10. The largest absolute Gasteiger partial charge is 0.359 e. The van der Waals surface area contributed by atoms with Gasteiger partial charge in [-0.25, -0.2) is 0 Å². The van der Waals surface area contributed by atoms with Crippen LogP contribution >= 0.6 is 11.6 Å². The molecule has 0 fully saturated rings. The van der Waals surface area contributed by atoms with Gasteiger partial charge in [0.1, 0.15) is 0 Å². The maximum atomic E-state index is 11.1. The summed E-state index contributed by atoms with van der Waals surface area (Å²) in [6, 6.07) is 7.60. The molecule has 1 aromatic rings. The van der Waals surface area contributed by atoms with E-state index in [-0.39, 0.29) is 11.8 Å². The van der Waals surface area contributed by atoms with Crippen molar-refractivity contribution in [3.8, 4) is 0 Å². The van der Waals surface area contributed by atoms with Gasteiger partial charge in [-0.3, -0.25) is 4.79 Å². The van der Waals surface area contributed by atoms with Crippen LogP contribution in [0.4, 0.5) is 0 Å². The molecule has 0 bridgehead atoms. The summed E-state index contributed by atoms with van der Waals surface area (Å²) in [6.45, 7) is 2.03. The van der Waals surface area contributed by atoms with Gasteiger partial charge in [-0.2, -0.15) is 0 Å². The SMILES string of the molecule is CNC(=O)C[C@H](C)c1ccc(Cl)cc1. The van der Waals surface area contributed by atoms with Crippen LogP contribution in [0.1, 0.15) is 24.8 Å². The van der Waals surface area contributed by atoms with E-state index in [0.29, 0.717) is 6.42 Å². The number of benzene rings is 1. The molecule has 0 aromatic heterocycles. The van der Waals surface area contributed by atoms with Crippen LogP contribution in [-0.2, 0) is 4.79 Å². The highest BCUT2D eigenvalue weighted by molar-refractivity contribution is 6.30. The first-order valence-corrected chi connectivity index (χ1v) is 4.97. The molecule has 14 heavy (non-hydrogen) atoms. The molecule has 0 heterocycles. The molecule has 0 saturated heterocycles. The molecule has 1 aromatic carbocycles. The van der Waals surface area contributed by atoms with Gasteiger partial charge in [-0.1, -0.05) is 30.7 Å². The summed E-state index contributed by atoms with van der Waals surface area (Å²) >= 11 is 5.77. The summed E-state index contributed by atoms with van der Waals surface area (Å²) < 4.78 is 0. The van der Waals surface area contributed by atoms with Gasteiger partial charge in [0.05, 0.1) is 0 Å². The maximum absolute atomic E-state index is 11.1. The monoisotopic (exact) mass is 211 g/mol. The predicted molar refractivity (Wildman–Crippen MR) is 58.6 cm³/mol. The maximum Gasteiger partial charge on any atom is 0.220 e. The fraction of sp³-hybridized carbons (Fsp3) is 0.364. The van der Waals surface area contributed by atoms with Crippen LogP contribution in [0.2, 0.25) is 5.02 Å². The van der Waals surface area contributed by atoms with E-state index in [1.54, 1.807) is 7.05 Å². The molecule has 3 heteroatoms. The topological polar surface area (TPSA) is 29.1 Å². The molecule has 76 valence electrons. The van der Waals surface area contributed by atoms with Crippen molar-refractivity contribution in [1.82, 2.24) is 5.32 Å². The van der Waals surface area contributed by atoms with Crippen molar-refractivity contribution in [2.24, 2.45) is 0 Å². The van der Waals surface area contributed by atoms with Crippen molar-refractivity contribution >= 4 is 17.5 Å². The summed E-state index contributed by atoms with van der Waals surface area (Å²) in [5, 5.41) is 3.34. The molecule has 1 atom stereocenters. The van der Waals surface area contributed by atoms with Crippen molar-refractivity contribution in [1.29, 1.82) is 0 Å². The van der Waals surface area contributed by atoms with Crippen molar-refractivity contribution in [2.75, 3.05) is 7.05 Å². The van der Waals surface area contributed by atoms with Crippen LogP contribution in [-0.4, -0.2) is 13.0 Å². The number of hydrogen-bond acceptors (Lipinski definition) is 1. The summed E-state index contributed by atoms with van der Waals surface area (Å²) in [7, 11) is 1.65. The van der Waals surface area contributed by atoms with E-state index >= 15 is 0 Å². The second-order valence-electron chi connectivity index (χ2n) is 3.33. The Morgan fingerprint density at radius 3 is 2.50 bits per heavy atom. The van der Waals surface area contributed by atoms with Crippen molar-refractivity contribution in [3.05, 3.63) is 34.9 Å². The summed E-state index contributed by atoms with van der Waals surface area (Å²) in [5.74, 6) is 0.291. The number of carbonyl (C=O) groups is 1. The lowest BCUT2D eigenvalue weighted by Crippen LogP contribution is -2.19. The van der Waals surface area contributed by atoms with E-state index in [9.17, 15) is 4.79 Å². The smallest absolute Gasteiger partial charge is 0.220 e. The first-order valence-electron chi connectivity index (χ1n) is 4.59. The normalized spacial score (nSPS) is 12.2. The molecule has 0 aliphatic rings. The van der Waals surface area contributed by atoms with Gasteiger partial charge in [0.15, 0.2) is 0 Å². The first kappa shape index (κ1) is 11.1. The Bertz CT molecular complexity index is 308. The molecule has 1 rings (SSSR count). The van der Waals surface area contributed by atoms with Crippen molar-refractivity contribution in [3.63, 3.8) is 0 Å². The fourth-order valence-corrected chi connectivity index (χ4v) is 1.42. The van der Waals surface area contributed by atoms with Gasteiger partial charge in [-0.05, 0) is 23.6 Å². The van der Waals surface area contributed by atoms with Crippen molar-refractivity contribution < 1.29 is 4.79 Å². The van der Waals surface area contributed by atoms with E-state index in [1.807, 2.05) is 31.2 Å². The Kier molecular flexibility index (Phi) is 3.96. The summed E-state index contributed by atoms with van der Waals surface area (Å²) in [5.41, 5.74) is 1.14. The van der Waals surface area contributed by atoms with E-state index < -0.39 is 0 Å².